The van der Waals surface area contributed by atoms with Gasteiger partial charge in [-0.1, -0.05) is 25.5 Å². The molecule has 0 radical (unpaired) electrons. The van der Waals surface area contributed by atoms with Crippen LogP contribution in [0.5, 0.6) is 0 Å². The third-order valence-corrected chi connectivity index (χ3v) is 3.88. The molecule has 0 amide bonds. The second-order valence-corrected chi connectivity index (χ2v) is 5.68. The van der Waals surface area contributed by atoms with Crippen LogP contribution in [0.25, 0.3) is 11.3 Å². The Morgan fingerprint density at radius 3 is 2.50 bits per heavy atom. The second-order valence-electron chi connectivity index (χ2n) is 5.68. The lowest BCUT2D eigenvalue weighted by Gasteiger charge is -2.10. The Kier molecular flexibility index (Phi) is 4.91. The van der Waals surface area contributed by atoms with Crippen LogP contribution in [0.15, 0.2) is 29.1 Å². The third kappa shape index (κ3) is 3.32. The normalized spacial score (nSPS) is 10.7. The van der Waals surface area contributed by atoms with Gasteiger partial charge in [-0.3, -0.25) is 9.59 Å². The third-order valence-electron chi connectivity index (χ3n) is 3.88. The van der Waals surface area contributed by atoms with Gasteiger partial charge in [0.2, 0.25) is 0 Å². The number of carbonyl (C=O) groups is 1. The van der Waals surface area contributed by atoms with Gasteiger partial charge >= 0.3 is 0 Å². The van der Waals surface area contributed by atoms with Crippen molar-refractivity contribution in [2.75, 3.05) is 0 Å². The molecular weight excluding hydrogens is 276 g/mol. The van der Waals surface area contributed by atoms with Gasteiger partial charge in [-0.25, -0.2) is 4.68 Å². The molecule has 0 aliphatic carbocycles. The van der Waals surface area contributed by atoms with Gasteiger partial charge in [0.15, 0.2) is 5.78 Å². The molecule has 22 heavy (non-hydrogen) atoms. The van der Waals surface area contributed by atoms with Crippen LogP contribution in [0, 0.1) is 13.8 Å². The number of rotatable bonds is 5. The molecule has 0 fully saturated rings. The standard InChI is InChI=1S/C18H22N2O2/c1-5-6-9-20-18(22)16(14(4)21)11-17(19-20)15-8-7-12(2)13(3)10-15/h7-8,10-11H,5-6,9H2,1-4H3. The predicted octanol–water partition coefficient (Wildman–Crippen LogP) is 3.53. The average Bonchev–Trinajstić information content (AvgIpc) is 2.48. The molecule has 4 nitrogen and oxygen atoms in total. The Labute approximate surface area is 130 Å². The number of benzene rings is 1. The molecule has 116 valence electrons. The number of nitrogens with zero attached hydrogens (tertiary/aromatic N) is 2. The summed E-state index contributed by atoms with van der Waals surface area (Å²) in [6.07, 6.45) is 1.83. The van der Waals surface area contributed by atoms with Crippen molar-refractivity contribution in [1.29, 1.82) is 0 Å². The second kappa shape index (κ2) is 6.69. The molecule has 4 heteroatoms. The summed E-state index contributed by atoms with van der Waals surface area (Å²) in [7, 11) is 0. The van der Waals surface area contributed by atoms with Crippen LogP contribution in [0.4, 0.5) is 0 Å². The number of hydrogen-bond donors (Lipinski definition) is 0. The van der Waals surface area contributed by atoms with Crippen LogP contribution in [0.3, 0.4) is 0 Å². The predicted molar refractivity (Wildman–Crippen MR) is 88.3 cm³/mol. The van der Waals surface area contributed by atoms with Crippen molar-refractivity contribution in [3.05, 3.63) is 51.3 Å². The van der Waals surface area contributed by atoms with Crippen LogP contribution < -0.4 is 5.56 Å². The highest BCUT2D eigenvalue weighted by molar-refractivity contribution is 5.94. The van der Waals surface area contributed by atoms with Gasteiger partial charge < -0.3 is 0 Å². The number of aryl methyl sites for hydroxylation is 3. The summed E-state index contributed by atoms with van der Waals surface area (Å²) < 4.78 is 1.42. The lowest BCUT2D eigenvalue weighted by Crippen LogP contribution is -2.28. The van der Waals surface area contributed by atoms with E-state index in [9.17, 15) is 9.59 Å². The van der Waals surface area contributed by atoms with Crippen LogP contribution >= 0.6 is 0 Å². The molecule has 0 spiro atoms. The molecule has 0 aliphatic heterocycles. The van der Waals surface area contributed by atoms with Crippen LogP contribution in [0.2, 0.25) is 0 Å². The van der Waals surface area contributed by atoms with Crippen molar-refractivity contribution in [3.63, 3.8) is 0 Å². The van der Waals surface area contributed by atoms with Crippen LogP contribution in [-0.2, 0) is 6.54 Å². The summed E-state index contributed by atoms with van der Waals surface area (Å²) in [5.41, 5.74) is 3.87. The van der Waals surface area contributed by atoms with Gasteiger partial charge in [0, 0.05) is 12.1 Å². The van der Waals surface area contributed by atoms with E-state index in [0.717, 1.165) is 24.0 Å². The minimum Gasteiger partial charge on any atom is -0.294 e. The first-order valence-electron chi connectivity index (χ1n) is 7.64. The molecule has 0 unspecified atom stereocenters. The van der Waals surface area contributed by atoms with Crippen molar-refractivity contribution in [2.24, 2.45) is 0 Å². The number of Topliss-reactive ketones (excluding diaryl/α,β-unsaturated/α-hetero) is 1. The first-order valence-corrected chi connectivity index (χ1v) is 7.64. The number of ketones is 1. The minimum atomic E-state index is -0.298. The molecule has 0 bridgehead atoms. The summed E-state index contributed by atoms with van der Waals surface area (Å²) in [4.78, 5) is 24.1. The topological polar surface area (TPSA) is 52.0 Å². The van der Waals surface area contributed by atoms with E-state index in [2.05, 4.69) is 18.9 Å². The summed E-state index contributed by atoms with van der Waals surface area (Å²) in [5.74, 6) is -0.220. The molecule has 0 atom stereocenters. The average molecular weight is 298 g/mol. The van der Waals surface area contributed by atoms with Gasteiger partial charge in [-0.2, -0.15) is 5.10 Å². The van der Waals surface area contributed by atoms with Gasteiger partial charge in [-0.05, 0) is 50.5 Å². The zero-order valence-electron chi connectivity index (χ0n) is 13.6. The maximum Gasteiger partial charge on any atom is 0.277 e. The van der Waals surface area contributed by atoms with E-state index < -0.39 is 0 Å². The lowest BCUT2D eigenvalue weighted by molar-refractivity contribution is 0.101. The summed E-state index contributed by atoms with van der Waals surface area (Å²) in [6.45, 7) is 8.11. The van der Waals surface area contributed by atoms with Crippen molar-refractivity contribution in [3.8, 4) is 11.3 Å². The van der Waals surface area contributed by atoms with E-state index in [-0.39, 0.29) is 16.9 Å². The minimum absolute atomic E-state index is 0.208. The number of hydrogen-bond acceptors (Lipinski definition) is 3. The lowest BCUT2D eigenvalue weighted by atomic mass is 10.0. The zero-order chi connectivity index (χ0) is 16.3. The fourth-order valence-electron chi connectivity index (χ4n) is 2.30. The van der Waals surface area contributed by atoms with Crippen LogP contribution in [-0.4, -0.2) is 15.6 Å². The van der Waals surface area contributed by atoms with Gasteiger partial charge in [0.1, 0.15) is 0 Å². The Morgan fingerprint density at radius 2 is 1.91 bits per heavy atom. The molecule has 0 saturated heterocycles. The Morgan fingerprint density at radius 1 is 1.18 bits per heavy atom. The monoisotopic (exact) mass is 298 g/mol. The van der Waals surface area contributed by atoms with E-state index in [1.807, 2.05) is 25.1 Å². The van der Waals surface area contributed by atoms with Crippen molar-refractivity contribution >= 4 is 5.78 Å². The summed E-state index contributed by atoms with van der Waals surface area (Å²) >= 11 is 0. The fourth-order valence-corrected chi connectivity index (χ4v) is 2.30. The summed E-state index contributed by atoms with van der Waals surface area (Å²) in [5, 5.41) is 4.45. The number of carbonyl (C=O) groups excluding carboxylic acids is 1. The number of aromatic nitrogens is 2. The Bertz CT molecular complexity index is 760. The van der Waals surface area contributed by atoms with Gasteiger partial charge in [-0.15, -0.1) is 0 Å². The fraction of sp³-hybridized carbons (Fsp3) is 0.389. The van der Waals surface area contributed by atoms with Gasteiger partial charge in [0.25, 0.3) is 5.56 Å². The molecule has 0 N–H and O–H groups in total. The highest BCUT2D eigenvalue weighted by Gasteiger charge is 2.13. The Hall–Kier alpha value is -2.23. The molecule has 2 rings (SSSR count). The van der Waals surface area contributed by atoms with E-state index in [1.165, 1.54) is 17.2 Å². The molecular formula is C18H22N2O2. The molecule has 1 aromatic carbocycles. The first kappa shape index (κ1) is 16.1. The van der Waals surface area contributed by atoms with E-state index >= 15 is 0 Å². The molecule has 1 heterocycles. The quantitative estimate of drug-likeness (QED) is 0.793. The molecule has 1 aromatic heterocycles. The Balaban J connectivity index is 2.59. The molecule has 2 aromatic rings. The van der Waals surface area contributed by atoms with Crippen molar-refractivity contribution in [1.82, 2.24) is 9.78 Å². The van der Waals surface area contributed by atoms with Gasteiger partial charge in [0.05, 0.1) is 11.3 Å². The van der Waals surface area contributed by atoms with Crippen molar-refractivity contribution < 1.29 is 4.79 Å². The van der Waals surface area contributed by atoms with Crippen LogP contribution in [0.1, 0.15) is 48.2 Å². The maximum atomic E-state index is 12.3. The SMILES string of the molecule is CCCCn1nc(-c2ccc(C)c(C)c2)cc(C(C)=O)c1=O. The van der Waals surface area contributed by atoms with Crippen molar-refractivity contribution in [2.45, 2.75) is 47.1 Å². The highest BCUT2D eigenvalue weighted by atomic mass is 16.1. The van der Waals surface area contributed by atoms with E-state index in [1.54, 1.807) is 6.07 Å². The first-order chi connectivity index (χ1) is 10.4. The maximum absolute atomic E-state index is 12.3. The highest BCUT2D eigenvalue weighted by Crippen LogP contribution is 2.20. The van der Waals surface area contributed by atoms with E-state index in [4.69, 9.17) is 0 Å². The largest absolute Gasteiger partial charge is 0.294 e. The summed E-state index contributed by atoms with van der Waals surface area (Å²) in [6, 6.07) is 7.65. The molecule has 0 aliphatic rings. The number of unbranched alkanes of at least 4 members (excludes halogenated alkanes) is 1. The smallest absolute Gasteiger partial charge is 0.277 e. The zero-order valence-corrected chi connectivity index (χ0v) is 13.6. The molecule has 0 saturated carbocycles. The van der Waals surface area contributed by atoms with E-state index in [0.29, 0.717) is 12.2 Å².